The molecule has 4 rings (SSSR count). The monoisotopic (exact) mass is 358 g/mol. The van der Waals surface area contributed by atoms with Crippen LogP contribution in [0.25, 0.3) is 0 Å². The summed E-state index contributed by atoms with van der Waals surface area (Å²) in [6.07, 6.45) is 1.03. The van der Waals surface area contributed by atoms with Gasteiger partial charge in [0.2, 0.25) is 0 Å². The minimum Gasteiger partial charge on any atom is -0.486 e. The summed E-state index contributed by atoms with van der Waals surface area (Å²) in [6, 6.07) is 9.87. The molecule has 1 amide bonds. The van der Waals surface area contributed by atoms with Gasteiger partial charge in [0.05, 0.1) is 4.88 Å². The van der Waals surface area contributed by atoms with E-state index in [0.29, 0.717) is 6.61 Å². The van der Waals surface area contributed by atoms with Crippen molar-refractivity contribution in [2.45, 2.75) is 19.1 Å². The molecule has 3 heterocycles. The van der Waals surface area contributed by atoms with Crippen molar-refractivity contribution in [3.8, 4) is 11.5 Å². The summed E-state index contributed by atoms with van der Waals surface area (Å²) >= 11 is 1.64. The molecule has 0 unspecified atom stereocenters. The van der Waals surface area contributed by atoms with Crippen molar-refractivity contribution in [2.24, 2.45) is 0 Å². The topological polar surface area (TPSA) is 42.0 Å². The van der Waals surface area contributed by atoms with Gasteiger partial charge in [-0.15, -0.1) is 11.3 Å². The fourth-order valence-electron chi connectivity index (χ4n) is 3.31. The molecule has 1 aromatic carbocycles. The normalized spacial score (nSPS) is 19.4. The highest BCUT2D eigenvalue weighted by Gasteiger charge is 2.27. The van der Waals surface area contributed by atoms with E-state index in [1.807, 2.05) is 24.3 Å². The number of fused-ring (bicyclic) bond motifs is 2. The van der Waals surface area contributed by atoms with Crippen molar-refractivity contribution in [1.29, 1.82) is 0 Å². The lowest BCUT2D eigenvalue weighted by molar-refractivity contribution is 0.0551. The number of hydrogen-bond donors (Lipinski definition) is 0. The van der Waals surface area contributed by atoms with Gasteiger partial charge in [-0.05, 0) is 30.2 Å². The Morgan fingerprint density at radius 1 is 1.32 bits per heavy atom. The summed E-state index contributed by atoms with van der Waals surface area (Å²) in [6.45, 7) is 3.27. The van der Waals surface area contributed by atoms with Crippen LogP contribution in [0.4, 0.5) is 0 Å². The number of nitrogens with zero attached hydrogens (tertiary/aromatic N) is 2. The summed E-state index contributed by atoms with van der Waals surface area (Å²) in [7, 11) is 3.59. The predicted octanol–water partition coefficient (Wildman–Crippen LogP) is 2.65. The zero-order valence-electron chi connectivity index (χ0n) is 14.5. The molecule has 0 spiro atoms. The Morgan fingerprint density at radius 3 is 2.92 bits per heavy atom. The van der Waals surface area contributed by atoms with Crippen molar-refractivity contribution in [3.63, 3.8) is 0 Å². The molecule has 6 heteroatoms. The largest absolute Gasteiger partial charge is 0.486 e. The smallest absolute Gasteiger partial charge is 0.263 e. The van der Waals surface area contributed by atoms with E-state index in [1.54, 1.807) is 30.3 Å². The third kappa shape index (κ3) is 3.37. The minimum atomic E-state index is 0.0398. The second kappa shape index (κ2) is 6.69. The van der Waals surface area contributed by atoms with E-state index in [0.717, 1.165) is 42.4 Å². The summed E-state index contributed by atoms with van der Waals surface area (Å²) < 4.78 is 11.9. The first-order chi connectivity index (χ1) is 12.1. The third-order valence-electron chi connectivity index (χ3n) is 4.59. The SMILES string of the molecule is CN(C)C(=O)c1cc2c(s1)CCN(C[C@H]1COc3ccccc3O1)C2. The van der Waals surface area contributed by atoms with E-state index in [4.69, 9.17) is 9.47 Å². The number of rotatable bonds is 3. The molecule has 0 saturated heterocycles. The molecule has 0 N–H and O–H groups in total. The second-order valence-electron chi connectivity index (χ2n) is 6.74. The zero-order chi connectivity index (χ0) is 17.4. The van der Waals surface area contributed by atoms with Crippen LogP contribution >= 0.6 is 11.3 Å². The summed E-state index contributed by atoms with van der Waals surface area (Å²) in [5, 5.41) is 0. The van der Waals surface area contributed by atoms with Crippen molar-refractivity contribution in [1.82, 2.24) is 9.80 Å². The Morgan fingerprint density at radius 2 is 2.12 bits per heavy atom. The van der Waals surface area contributed by atoms with Crippen LogP contribution < -0.4 is 9.47 Å². The minimum absolute atomic E-state index is 0.0398. The van der Waals surface area contributed by atoms with E-state index in [9.17, 15) is 4.79 Å². The van der Waals surface area contributed by atoms with Gasteiger partial charge in [-0.25, -0.2) is 0 Å². The van der Waals surface area contributed by atoms with Crippen LogP contribution in [-0.2, 0) is 13.0 Å². The molecular weight excluding hydrogens is 336 g/mol. The number of benzene rings is 1. The van der Waals surface area contributed by atoms with Gasteiger partial charge in [-0.1, -0.05) is 12.1 Å². The highest BCUT2D eigenvalue weighted by molar-refractivity contribution is 7.14. The summed E-state index contributed by atoms with van der Waals surface area (Å²) in [5.74, 6) is 1.74. The molecule has 0 fully saturated rings. The van der Waals surface area contributed by atoms with Gasteiger partial charge in [0.1, 0.15) is 12.7 Å². The Kier molecular flexibility index (Phi) is 4.39. The molecule has 132 valence electrons. The van der Waals surface area contributed by atoms with Crippen molar-refractivity contribution < 1.29 is 14.3 Å². The van der Waals surface area contributed by atoms with E-state index < -0.39 is 0 Å². The molecule has 2 aliphatic rings. The van der Waals surface area contributed by atoms with Gasteiger partial charge < -0.3 is 14.4 Å². The fraction of sp³-hybridized carbons (Fsp3) is 0.421. The Labute approximate surface area is 151 Å². The van der Waals surface area contributed by atoms with Crippen LogP contribution in [0.15, 0.2) is 30.3 Å². The molecule has 25 heavy (non-hydrogen) atoms. The van der Waals surface area contributed by atoms with Gasteiger partial charge >= 0.3 is 0 Å². The molecule has 0 bridgehead atoms. The third-order valence-corrected chi connectivity index (χ3v) is 5.82. The van der Waals surface area contributed by atoms with Crippen molar-refractivity contribution in [2.75, 3.05) is 33.8 Å². The standard InChI is InChI=1S/C19H22N2O3S/c1-20(2)19(22)18-9-13-10-21(8-7-17(13)25-18)11-14-12-23-15-5-3-4-6-16(15)24-14/h3-6,9,14H,7-8,10-12H2,1-2H3/t14-/m0/s1. The van der Waals surface area contributed by atoms with Gasteiger partial charge in [-0.3, -0.25) is 9.69 Å². The number of amides is 1. The molecule has 1 aromatic heterocycles. The highest BCUT2D eigenvalue weighted by Crippen LogP contribution is 2.32. The second-order valence-corrected chi connectivity index (χ2v) is 7.88. The maximum absolute atomic E-state index is 12.2. The molecule has 2 aliphatic heterocycles. The van der Waals surface area contributed by atoms with E-state index in [-0.39, 0.29) is 12.0 Å². The zero-order valence-corrected chi connectivity index (χ0v) is 15.3. The van der Waals surface area contributed by atoms with Crippen LogP contribution in [0.1, 0.15) is 20.1 Å². The quantitative estimate of drug-likeness (QED) is 0.846. The van der Waals surface area contributed by atoms with E-state index in [1.165, 1.54) is 10.4 Å². The number of carbonyl (C=O) groups is 1. The van der Waals surface area contributed by atoms with Gasteiger partial charge in [0.15, 0.2) is 11.5 Å². The Balaban J connectivity index is 1.41. The average molecular weight is 358 g/mol. The predicted molar refractivity (Wildman–Crippen MR) is 97.7 cm³/mol. The van der Waals surface area contributed by atoms with Gasteiger partial charge in [-0.2, -0.15) is 0 Å². The molecule has 0 saturated carbocycles. The Hall–Kier alpha value is -2.05. The molecule has 2 aromatic rings. The average Bonchev–Trinajstić information content (AvgIpc) is 3.04. The number of ether oxygens (including phenoxy) is 2. The van der Waals surface area contributed by atoms with Crippen LogP contribution in [0, 0.1) is 0 Å². The molecule has 1 atom stereocenters. The molecule has 0 aliphatic carbocycles. The number of hydrogen-bond acceptors (Lipinski definition) is 5. The summed E-state index contributed by atoms with van der Waals surface area (Å²) in [5.41, 5.74) is 1.28. The number of carbonyl (C=O) groups excluding carboxylic acids is 1. The number of para-hydroxylation sites is 2. The van der Waals surface area contributed by atoms with Gasteiger partial charge in [0, 0.05) is 38.6 Å². The number of thiophene rings is 1. The summed E-state index contributed by atoms with van der Waals surface area (Å²) in [4.78, 5) is 18.4. The molecular formula is C19H22N2O3S. The maximum atomic E-state index is 12.2. The Bertz CT molecular complexity index is 787. The molecule has 0 radical (unpaired) electrons. The van der Waals surface area contributed by atoms with Crippen LogP contribution in [0.5, 0.6) is 11.5 Å². The molecule has 5 nitrogen and oxygen atoms in total. The van der Waals surface area contributed by atoms with Crippen molar-refractivity contribution >= 4 is 17.2 Å². The van der Waals surface area contributed by atoms with E-state index >= 15 is 0 Å². The lowest BCUT2D eigenvalue weighted by Gasteiger charge is -2.33. The first-order valence-electron chi connectivity index (χ1n) is 8.54. The fourth-order valence-corrected chi connectivity index (χ4v) is 4.50. The lowest BCUT2D eigenvalue weighted by Crippen LogP contribution is -2.42. The first-order valence-corrected chi connectivity index (χ1v) is 9.36. The van der Waals surface area contributed by atoms with Crippen molar-refractivity contribution in [3.05, 3.63) is 45.6 Å². The van der Waals surface area contributed by atoms with E-state index in [2.05, 4.69) is 11.0 Å². The lowest BCUT2D eigenvalue weighted by atomic mass is 10.1. The maximum Gasteiger partial charge on any atom is 0.263 e. The highest BCUT2D eigenvalue weighted by atomic mass is 32.1. The van der Waals surface area contributed by atoms with Crippen LogP contribution in [0.3, 0.4) is 0 Å². The first kappa shape index (κ1) is 16.4. The van der Waals surface area contributed by atoms with Crippen LogP contribution in [-0.4, -0.2) is 55.6 Å². The van der Waals surface area contributed by atoms with Gasteiger partial charge in [0.25, 0.3) is 5.91 Å². The van der Waals surface area contributed by atoms with Crippen LogP contribution in [0.2, 0.25) is 0 Å².